The molecule has 24 heavy (non-hydrogen) atoms. The van der Waals surface area contributed by atoms with E-state index in [0.29, 0.717) is 0 Å². The second-order valence-electron chi connectivity index (χ2n) is 7.31. The van der Waals surface area contributed by atoms with Gasteiger partial charge in [-0.05, 0) is 26.3 Å². The number of carbonyl (C=O) groups excluding carboxylic acids is 1. The van der Waals surface area contributed by atoms with Crippen molar-refractivity contribution in [3.8, 4) is 0 Å². The first kappa shape index (κ1) is 17.5. The maximum absolute atomic E-state index is 12.7. The van der Waals surface area contributed by atoms with Crippen LogP contribution < -0.4 is 0 Å². The van der Waals surface area contributed by atoms with Gasteiger partial charge in [0.1, 0.15) is 0 Å². The van der Waals surface area contributed by atoms with Crippen molar-refractivity contribution in [2.24, 2.45) is 0 Å². The maximum Gasteiger partial charge on any atom is 0.320 e. The van der Waals surface area contributed by atoms with E-state index in [1.165, 1.54) is 24.0 Å². The van der Waals surface area contributed by atoms with Gasteiger partial charge in [-0.25, -0.2) is 4.79 Å². The highest BCUT2D eigenvalue weighted by Gasteiger charge is 2.27. The molecule has 1 aliphatic carbocycles. The Kier molecular flexibility index (Phi) is 5.95. The fourth-order valence-electron chi connectivity index (χ4n) is 3.76. The number of likely N-dealkylation sites (N-methyl/N-ethyl adjacent to an activating group) is 1. The lowest BCUT2D eigenvalue weighted by atomic mass is 9.99. The standard InChI is InChI=1S/C19H32N4O/c1-3-20-8-12-22(13-9-20)19(24)23-14-10-21(11-15-23)16-18-6-4-17(2)5-7-18/h4,6H,3,5,7-16H2,1-2H3. The fraction of sp³-hybridized carbons (Fsp3) is 0.737. The normalized spacial score (nSPS) is 23.9. The van der Waals surface area contributed by atoms with E-state index in [4.69, 9.17) is 0 Å². The van der Waals surface area contributed by atoms with Gasteiger partial charge in [-0.15, -0.1) is 0 Å². The molecule has 0 spiro atoms. The molecule has 3 rings (SSSR count). The first-order chi connectivity index (χ1) is 11.7. The molecule has 5 heteroatoms. The van der Waals surface area contributed by atoms with E-state index < -0.39 is 0 Å². The molecule has 0 aromatic carbocycles. The van der Waals surface area contributed by atoms with Crippen molar-refractivity contribution in [2.75, 3.05) is 65.4 Å². The van der Waals surface area contributed by atoms with Gasteiger partial charge in [0.15, 0.2) is 0 Å². The third-order valence-electron chi connectivity index (χ3n) is 5.60. The summed E-state index contributed by atoms with van der Waals surface area (Å²) in [5.41, 5.74) is 3.02. The Bertz CT molecular complexity index is 497. The zero-order valence-electron chi connectivity index (χ0n) is 15.3. The monoisotopic (exact) mass is 332 g/mol. The summed E-state index contributed by atoms with van der Waals surface area (Å²) in [5.74, 6) is 0. The Balaban J connectivity index is 1.42. The van der Waals surface area contributed by atoms with Gasteiger partial charge in [0, 0.05) is 58.9 Å². The van der Waals surface area contributed by atoms with Gasteiger partial charge in [-0.2, -0.15) is 0 Å². The van der Waals surface area contributed by atoms with Crippen LogP contribution in [0.5, 0.6) is 0 Å². The molecule has 0 saturated carbocycles. The average Bonchev–Trinajstić information content (AvgIpc) is 2.64. The minimum atomic E-state index is 0.251. The number of amides is 2. The molecule has 2 heterocycles. The van der Waals surface area contributed by atoms with Gasteiger partial charge in [0.05, 0.1) is 0 Å². The Morgan fingerprint density at radius 2 is 1.46 bits per heavy atom. The van der Waals surface area contributed by atoms with E-state index in [9.17, 15) is 4.79 Å². The predicted octanol–water partition coefficient (Wildman–Crippen LogP) is 2.03. The highest BCUT2D eigenvalue weighted by molar-refractivity contribution is 5.74. The van der Waals surface area contributed by atoms with Crippen LogP contribution in [-0.2, 0) is 0 Å². The molecule has 0 unspecified atom stereocenters. The molecule has 0 radical (unpaired) electrons. The van der Waals surface area contributed by atoms with Crippen molar-refractivity contribution in [2.45, 2.75) is 26.7 Å². The Labute approximate surface area is 146 Å². The molecule has 5 nitrogen and oxygen atoms in total. The molecule has 2 aliphatic heterocycles. The van der Waals surface area contributed by atoms with Gasteiger partial charge >= 0.3 is 6.03 Å². The quantitative estimate of drug-likeness (QED) is 0.792. The van der Waals surface area contributed by atoms with Crippen molar-refractivity contribution in [1.29, 1.82) is 0 Å². The van der Waals surface area contributed by atoms with Crippen LogP contribution in [0.3, 0.4) is 0 Å². The number of allylic oxidation sites excluding steroid dienone is 3. The molecule has 0 bridgehead atoms. The predicted molar refractivity (Wildman–Crippen MR) is 98.2 cm³/mol. The third-order valence-corrected chi connectivity index (χ3v) is 5.60. The number of rotatable bonds is 3. The first-order valence-electron chi connectivity index (χ1n) is 9.49. The lowest BCUT2D eigenvalue weighted by Crippen LogP contribution is -2.56. The zero-order valence-corrected chi connectivity index (χ0v) is 15.3. The van der Waals surface area contributed by atoms with E-state index in [1.54, 1.807) is 0 Å². The maximum atomic E-state index is 12.7. The number of piperazine rings is 2. The summed E-state index contributed by atoms with van der Waals surface area (Å²) >= 11 is 0. The van der Waals surface area contributed by atoms with E-state index in [2.05, 4.69) is 40.7 Å². The van der Waals surface area contributed by atoms with Crippen molar-refractivity contribution in [3.63, 3.8) is 0 Å². The highest BCUT2D eigenvalue weighted by atomic mass is 16.2. The average molecular weight is 332 g/mol. The van der Waals surface area contributed by atoms with Crippen LogP contribution in [0.25, 0.3) is 0 Å². The molecule has 0 aromatic rings. The highest BCUT2D eigenvalue weighted by Crippen LogP contribution is 2.19. The molecule has 2 amide bonds. The summed E-state index contributed by atoms with van der Waals surface area (Å²) in [6.45, 7) is 14.1. The Hall–Kier alpha value is -1.33. The van der Waals surface area contributed by atoms with Gasteiger partial charge in [0.2, 0.25) is 0 Å². The van der Waals surface area contributed by atoms with Gasteiger partial charge in [-0.3, -0.25) is 4.90 Å². The van der Waals surface area contributed by atoms with Crippen LogP contribution >= 0.6 is 0 Å². The van der Waals surface area contributed by atoms with Crippen molar-refractivity contribution in [1.82, 2.24) is 19.6 Å². The third kappa shape index (κ3) is 4.39. The van der Waals surface area contributed by atoms with E-state index in [1.807, 2.05) is 4.90 Å². The van der Waals surface area contributed by atoms with Gasteiger partial charge in [0.25, 0.3) is 0 Å². The minimum Gasteiger partial charge on any atom is -0.322 e. The summed E-state index contributed by atoms with van der Waals surface area (Å²) in [6.07, 6.45) is 6.95. The number of hydrogen-bond donors (Lipinski definition) is 0. The van der Waals surface area contributed by atoms with Crippen LogP contribution in [0.1, 0.15) is 26.7 Å². The van der Waals surface area contributed by atoms with Crippen molar-refractivity contribution >= 4 is 6.03 Å². The van der Waals surface area contributed by atoms with Crippen LogP contribution in [0.2, 0.25) is 0 Å². The van der Waals surface area contributed by atoms with Crippen molar-refractivity contribution in [3.05, 3.63) is 23.3 Å². The van der Waals surface area contributed by atoms with Gasteiger partial charge in [-0.1, -0.05) is 30.2 Å². The Morgan fingerprint density at radius 3 is 1.96 bits per heavy atom. The molecule has 134 valence electrons. The summed E-state index contributed by atoms with van der Waals surface area (Å²) in [6, 6.07) is 0.251. The smallest absolute Gasteiger partial charge is 0.320 e. The van der Waals surface area contributed by atoms with E-state index in [-0.39, 0.29) is 6.03 Å². The molecular formula is C19H32N4O. The van der Waals surface area contributed by atoms with Crippen LogP contribution in [0.15, 0.2) is 23.3 Å². The molecule has 2 fully saturated rings. The van der Waals surface area contributed by atoms with Crippen molar-refractivity contribution < 1.29 is 4.79 Å². The molecular weight excluding hydrogens is 300 g/mol. The van der Waals surface area contributed by atoms with Gasteiger partial charge < -0.3 is 14.7 Å². The zero-order chi connectivity index (χ0) is 16.9. The largest absolute Gasteiger partial charge is 0.322 e. The summed E-state index contributed by atoms with van der Waals surface area (Å²) in [5, 5.41) is 0. The number of urea groups is 1. The molecule has 3 aliphatic rings. The number of carbonyl (C=O) groups is 1. The molecule has 2 saturated heterocycles. The lowest BCUT2D eigenvalue weighted by molar-refractivity contribution is 0.0936. The summed E-state index contributed by atoms with van der Waals surface area (Å²) in [4.78, 5) is 21.7. The first-order valence-corrected chi connectivity index (χ1v) is 9.49. The minimum absolute atomic E-state index is 0.251. The second-order valence-corrected chi connectivity index (χ2v) is 7.31. The van der Waals surface area contributed by atoms with Crippen LogP contribution in [0.4, 0.5) is 4.79 Å². The summed E-state index contributed by atoms with van der Waals surface area (Å²) < 4.78 is 0. The SMILES string of the molecule is CCN1CCN(C(=O)N2CCN(CC3=CC=C(C)CC3)CC2)CC1. The number of hydrogen-bond acceptors (Lipinski definition) is 3. The summed E-state index contributed by atoms with van der Waals surface area (Å²) in [7, 11) is 0. The lowest BCUT2D eigenvalue weighted by Gasteiger charge is -2.40. The van der Waals surface area contributed by atoms with Crippen LogP contribution in [0, 0.1) is 0 Å². The molecule has 0 N–H and O–H groups in total. The molecule has 0 aromatic heterocycles. The van der Waals surface area contributed by atoms with E-state index >= 15 is 0 Å². The topological polar surface area (TPSA) is 30.0 Å². The number of nitrogens with zero attached hydrogens (tertiary/aromatic N) is 4. The fourth-order valence-corrected chi connectivity index (χ4v) is 3.76. The van der Waals surface area contributed by atoms with E-state index in [0.717, 1.165) is 65.4 Å². The molecule has 0 atom stereocenters. The Morgan fingerprint density at radius 1 is 0.875 bits per heavy atom. The second kappa shape index (κ2) is 8.17. The van der Waals surface area contributed by atoms with Crippen LogP contribution in [-0.4, -0.2) is 91.1 Å².